The lowest BCUT2D eigenvalue weighted by Gasteiger charge is -2.03. The molecule has 0 radical (unpaired) electrons. The molecular weight excluding hydrogens is 178 g/mol. The molecule has 0 saturated carbocycles. The van der Waals surface area contributed by atoms with Gasteiger partial charge in [0.05, 0.1) is 0 Å². The molecule has 1 aromatic rings. The normalized spacial score (nSPS) is 9.50. The number of rotatable bonds is 3. The van der Waals surface area contributed by atoms with Crippen LogP contribution in [0, 0.1) is 5.41 Å². The van der Waals surface area contributed by atoms with Gasteiger partial charge < -0.3 is 11.1 Å². The van der Waals surface area contributed by atoms with Crippen molar-refractivity contribution in [2.75, 3.05) is 0 Å². The molecule has 1 aromatic carbocycles. The summed E-state index contributed by atoms with van der Waals surface area (Å²) in [5, 5.41) is 9.65. The largest absolute Gasteiger partial charge is 0.370 e. The topological polar surface area (TPSA) is 79.0 Å². The lowest BCUT2D eigenvalue weighted by molar-refractivity contribution is 0.101. The fraction of sp³-hybridized carbons (Fsp3) is 0.200. The summed E-state index contributed by atoms with van der Waals surface area (Å²) >= 11 is 0. The number of hydrogen-bond donors (Lipinski definition) is 3. The molecule has 4 nitrogen and oxygen atoms in total. The Morgan fingerprint density at radius 3 is 2.43 bits per heavy atom. The van der Waals surface area contributed by atoms with E-state index in [4.69, 9.17) is 11.1 Å². The highest BCUT2D eigenvalue weighted by Crippen LogP contribution is 2.04. The van der Waals surface area contributed by atoms with Crippen LogP contribution in [0.25, 0.3) is 0 Å². The maximum Gasteiger partial charge on any atom is 0.185 e. The molecule has 4 heteroatoms. The molecule has 0 aliphatic carbocycles. The third kappa shape index (κ3) is 2.90. The van der Waals surface area contributed by atoms with Crippen LogP contribution in [0.5, 0.6) is 0 Å². The number of carbonyl (C=O) groups excluding carboxylic acids is 1. The molecule has 0 aromatic heterocycles. The van der Waals surface area contributed by atoms with Crippen molar-refractivity contribution in [1.82, 2.24) is 5.32 Å². The minimum atomic E-state index is -0.0550. The second kappa shape index (κ2) is 4.41. The number of guanidine groups is 1. The molecule has 0 heterocycles. The van der Waals surface area contributed by atoms with Gasteiger partial charge in [0.1, 0.15) is 0 Å². The minimum absolute atomic E-state index is 0.0519. The Hall–Kier alpha value is -1.84. The maximum atomic E-state index is 11.0. The highest BCUT2D eigenvalue weighted by molar-refractivity contribution is 5.94. The molecule has 0 aliphatic heterocycles. The molecule has 0 aliphatic rings. The van der Waals surface area contributed by atoms with Crippen LogP contribution in [0.2, 0.25) is 0 Å². The second-order valence-corrected chi connectivity index (χ2v) is 3.02. The van der Waals surface area contributed by atoms with E-state index in [0.29, 0.717) is 12.1 Å². The number of Topliss-reactive ketones (excluding diaryl/α,β-unsaturated/α-hetero) is 1. The fourth-order valence-corrected chi connectivity index (χ4v) is 1.05. The molecule has 1 rings (SSSR count). The van der Waals surface area contributed by atoms with E-state index in [1.54, 1.807) is 12.1 Å². The molecule has 0 amide bonds. The van der Waals surface area contributed by atoms with Gasteiger partial charge in [-0.25, -0.2) is 0 Å². The Bertz CT molecular complexity index is 343. The van der Waals surface area contributed by atoms with Gasteiger partial charge in [-0.15, -0.1) is 0 Å². The average molecular weight is 191 g/mol. The van der Waals surface area contributed by atoms with Gasteiger partial charge in [-0.1, -0.05) is 24.3 Å². The summed E-state index contributed by atoms with van der Waals surface area (Å²) in [7, 11) is 0. The standard InChI is InChI=1S/C10H13N3O/c1-7(14)9-4-2-8(3-5-9)6-13-10(11)12/h2-5H,6H2,1H3,(H4,11,12,13). The van der Waals surface area contributed by atoms with Crippen molar-refractivity contribution in [1.29, 1.82) is 5.41 Å². The van der Waals surface area contributed by atoms with Crippen molar-refractivity contribution in [3.05, 3.63) is 35.4 Å². The van der Waals surface area contributed by atoms with E-state index < -0.39 is 0 Å². The van der Waals surface area contributed by atoms with Crippen molar-refractivity contribution in [3.63, 3.8) is 0 Å². The van der Waals surface area contributed by atoms with Crippen molar-refractivity contribution in [2.24, 2.45) is 5.73 Å². The summed E-state index contributed by atoms with van der Waals surface area (Å²) in [5.41, 5.74) is 6.82. The van der Waals surface area contributed by atoms with Crippen LogP contribution in [0.4, 0.5) is 0 Å². The van der Waals surface area contributed by atoms with E-state index in [9.17, 15) is 4.79 Å². The Morgan fingerprint density at radius 2 is 2.00 bits per heavy atom. The predicted molar refractivity (Wildman–Crippen MR) is 55.2 cm³/mol. The van der Waals surface area contributed by atoms with Gasteiger partial charge in [0.25, 0.3) is 0 Å². The molecule has 4 N–H and O–H groups in total. The van der Waals surface area contributed by atoms with Gasteiger partial charge >= 0.3 is 0 Å². The predicted octanol–water partition coefficient (Wildman–Crippen LogP) is 0.872. The zero-order valence-electron chi connectivity index (χ0n) is 8.00. The first-order valence-electron chi connectivity index (χ1n) is 4.27. The summed E-state index contributed by atoms with van der Waals surface area (Å²) in [6.45, 7) is 2.04. The number of carbonyl (C=O) groups is 1. The molecule has 0 fully saturated rings. The van der Waals surface area contributed by atoms with E-state index in [1.807, 2.05) is 12.1 Å². The fourth-order valence-electron chi connectivity index (χ4n) is 1.05. The van der Waals surface area contributed by atoms with Crippen molar-refractivity contribution in [2.45, 2.75) is 13.5 Å². The number of nitrogens with two attached hydrogens (primary N) is 1. The van der Waals surface area contributed by atoms with Gasteiger partial charge in [0, 0.05) is 12.1 Å². The number of ketones is 1. The molecule has 0 atom stereocenters. The summed E-state index contributed by atoms with van der Waals surface area (Å²) in [5.74, 6) is -0.00304. The summed E-state index contributed by atoms with van der Waals surface area (Å²) in [6.07, 6.45) is 0. The third-order valence-corrected chi connectivity index (χ3v) is 1.84. The molecule has 74 valence electrons. The number of nitrogens with one attached hydrogen (secondary N) is 2. The van der Waals surface area contributed by atoms with Crippen LogP contribution >= 0.6 is 0 Å². The quantitative estimate of drug-likeness (QED) is 0.377. The average Bonchev–Trinajstić information content (AvgIpc) is 2.15. The van der Waals surface area contributed by atoms with Crippen LogP contribution in [-0.2, 0) is 6.54 Å². The third-order valence-electron chi connectivity index (χ3n) is 1.84. The Morgan fingerprint density at radius 1 is 1.43 bits per heavy atom. The monoisotopic (exact) mass is 191 g/mol. The van der Waals surface area contributed by atoms with E-state index in [-0.39, 0.29) is 11.7 Å². The lowest BCUT2D eigenvalue weighted by Crippen LogP contribution is -2.29. The molecule has 0 spiro atoms. The van der Waals surface area contributed by atoms with Crippen LogP contribution in [0.1, 0.15) is 22.8 Å². The number of benzene rings is 1. The smallest absolute Gasteiger partial charge is 0.185 e. The van der Waals surface area contributed by atoms with Crippen LogP contribution in [0.3, 0.4) is 0 Å². The SMILES string of the molecule is CC(=O)c1ccc(CNC(=N)N)cc1. The first-order chi connectivity index (χ1) is 6.59. The van der Waals surface area contributed by atoms with Gasteiger partial charge in [-0.05, 0) is 12.5 Å². The van der Waals surface area contributed by atoms with E-state index in [2.05, 4.69) is 5.32 Å². The van der Waals surface area contributed by atoms with E-state index in [0.717, 1.165) is 5.56 Å². The highest BCUT2D eigenvalue weighted by atomic mass is 16.1. The maximum absolute atomic E-state index is 11.0. The van der Waals surface area contributed by atoms with Crippen molar-refractivity contribution >= 4 is 11.7 Å². The molecule has 0 bridgehead atoms. The first kappa shape index (κ1) is 10.2. The van der Waals surface area contributed by atoms with Crippen LogP contribution in [-0.4, -0.2) is 11.7 Å². The zero-order valence-corrected chi connectivity index (χ0v) is 8.00. The molecule has 0 saturated heterocycles. The second-order valence-electron chi connectivity index (χ2n) is 3.02. The zero-order chi connectivity index (χ0) is 10.6. The van der Waals surface area contributed by atoms with Gasteiger partial charge in [-0.2, -0.15) is 0 Å². The summed E-state index contributed by atoms with van der Waals surface area (Å²) in [6, 6.07) is 7.21. The molecule has 0 unspecified atom stereocenters. The van der Waals surface area contributed by atoms with E-state index >= 15 is 0 Å². The Balaban J connectivity index is 2.64. The van der Waals surface area contributed by atoms with Crippen LogP contribution < -0.4 is 11.1 Å². The summed E-state index contributed by atoms with van der Waals surface area (Å²) < 4.78 is 0. The minimum Gasteiger partial charge on any atom is -0.370 e. The Labute approximate surface area is 82.6 Å². The van der Waals surface area contributed by atoms with Crippen molar-refractivity contribution in [3.8, 4) is 0 Å². The first-order valence-corrected chi connectivity index (χ1v) is 4.27. The van der Waals surface area contributed by atoms with Crippen molar-refractivity contribution < 1.29 is 4.79 Å². The summed E-state index contributed by atoms with van der Waals surface area (Å²) in [4.78, 5) is 11.0. The van der Waals surface area contributed by atoms with Crippen LogP contribution in [0.15, 0.2) is 24.3 Å². The Kier molecular flexibility index (Phi) is 3.23. The lowest BCUT2D eigenvalue weighted by atomic mass is 10.1. The number of hydrogen-bond acceptors (Lipinski definition) is 2. The van der Waals surface area contributed by atoms with Gasteiger partial charge in [-0.3, -0.25) is 10.2 Å². The van der Waals surface area contributed by atoms with E-state index in [1.165, 1.54) is 6.92 Å². The molecule has 14 heavy (non-hydrogen) atoms. The van der Waals surface area contributed by atoms with Gasteiger partial charge in [0.2, 0.25) is 0 Å². The van der Waals surface area contributed by atoms with Gasteiger partial charge in [0.15, 0.2) is 11.7 Å². The molecular formula is C10H13N3O. The highest BCUT2D eigenvalue weighted by Gasteiger charge is 1.98.